The van der Waals surface area contributed by atoms with Crippen LogP contribution in [0.4, 0.5) is 0 Å². The summed E-state index contributed by atoms with van der Waals surface area (Å²) in [7, 11) is 1.72. The van der Waals surface area contributed by atoms with Gasteiger partial charge in [-0.2, -0.15) is 0 Å². The average Bonchev–Trinajstić information content (AvgIpc) is 3.13. The van der Waals surface area contributed by atoms with E-state index in [2.05, 4.69) is 37.4 Å². The van der Waals surface area contributed by atoms with Gasteiger partial charge in [0.25, 0.3) is 0 Å². The molecule has 2 atom stereocenters. The lowest BCUT2D eigenvalue weighted by atomic mass is 9.95. The fourth-order valence-electron chi connectivity index (χ4n) is 2.13. The molecule has 1 fully saturated rings. The van der Waals surface area contributed by atoms with Crippen LogP contribution in [0.5, 0.6) is 5.75 Å². The molecule has 1 aromatic carbocycles. The van der Waals surface area contributed by atoms with Crippen LogP contribution in [0.25, 0.3) is 0 Å². The number of rotatable bonds is 6. The Bertz CT molecular complexity index is 360. The maximum absolute atomic E-state index is 5.26. The summed E-state index contributed by atoms with van der Waals surface area (Å²) in [6.45, 7) is 4.61. The van der Waals surface area contributed by atoms with Crippen LogP contribution >= 0.6 is 0 Å². The monoisotopic (exact) mass is 233 g/mol. The zero-order valence-electron chi connectivity index (χ0n) is 11.1. The van der Waals surface area contributed by atoms with Crippen molar-refractivity contribution in [2.24, 2.45) is 5.92 Å². The van der Waals surface area contributed by atoms with Gasteiger partial charge in [-0.25, -0.2) is 0 Å². The fraction of sp³-hybridized carbons (Fsp3) is 0.600. The van der Waals surface area contributed by atoms with Crippen molar-refractivity contribution in [1.82, 2.24) is 5.32 Å². The molecular formula is C15H23NO. The molecule has 1 N–H and O–H groups in total. The molecule has 0 spiro atoms. The maximum Gasteiger partial charge on any atom is 0.119 e. The molecule has 0 aliphatic heterocycles. The second-order valence-corrected chi connectivity index (χ2v) is 5.26. The van der Waals surface area contributed by atoms with E-state index in [4.69, 9.17) is 4.74 Å². The molecule has 17 heavy (non-hydrogen) atoms. The Morgan fingerprint density at radius 2 is 2.12 bits per heavy atom. The highest BCUT2D eigenvalue weighted by atomic mass is 16.5. The molecule has 0 heterocycles. The first kappa shape index (κ1) is 12.4. The zero-order valence-corrected chi connectivity index (χ0v) is 11.1. The summed E-state index contributed by atoms with van der Waals surface area (Å²) in [5.41, 5.74) is 1.36. The van der Waals surface area contributed by atoms with Gasteiger partial charge < -0.3 is 10.1 Å². The Morgan fingerprint density at radius 3 is 2.76 bits per heavy atom. The molecule has 0 aromatic heterocycles. The van der Waals surface area contributed by atoms with E-state index in [1.165, 1.54) is 18.4 Å². The summed E-state index contributed by atoms with van der Waals surface area (Å²) in [4.78, 5) is 0. The Balaban J connectivity index is 1.89. The molecule has 0 saturated heterocycles. The number of hydrogen-bond acceptors (Lipinski definition) is 2. The van der Waals surface area contributed by atoms with Crippen molar-refractivity contribution in [3.05, 3.63) is 29.8 Å². The van der Waals surface area contributed by atoms with Gasteiger partial charge in [-0.1, -0.05) is 19.1 Å². The lowest BCUT2D eigenvalue weighted by Gasteiger charge is -2.21. The summed E-state index contributed by atoms with van der Waals surface area (Å²) in [5.74, 6) is 1.61. The normalized spacial score (nSPS) is 18.8. The third-order valence-corrected chi connectivity index (χ3v) is 3.62. The fourth-order valence-corrected chi connectivity index (χ4v) is 2.13. The minimum atomic E-state index is 0.591. The Kier molecular flexibility index (Phi) is 4.06. The van der Waals surface area contributed by atoms with Gasteiger partial charge in [0.15, 0.2) is 0 Å². The van der Waals surface area contributed by atoms with Gasteiger partial charge in [0, 0.05) is 12.1 Å². The maximum atomic E-state index is 5.26. The average molecular weight is 233 g/mol. The van der Waals surface area contributed by atoms with Crippen molar-refractivity contribution < 1.29 is 4.74 Å². The smallest absolute Gasteiger partial charge is 0.119 e. The Labute approximate surface area is 104 Å². The first-order valence-electron chi connectivity index (χ1n) is 6.58. The highest BCUT2D eigenvalue weighted by Crippen LogP contribution is 2.22. The second kappa shape index (κ2) is 5.54. The highest BCUT2D eigenvalue weighted by Gasteiger charge is 2.24. The van der Waals surface area contributed by atoms with Crippen LogP contribution in [0.3, 0.4) is 0 Å². The first-order chi connectivity index (χ1) is 8.19. The molecule has 1 aromatic rings. The Morgan fingerprint density at radius 1 is 1.35 bits per heavy atom. The molecule has 2 unspecified atom stereocenters. The summed E-state index contributed by atoms with van der Waals surface area (Å²) in [6.07, 6.45) is 3.82. The van der Waals surface area contributed by atoms with Crippen molar-refractivity contribution >= 4 is 0 Å². The van der Waals surface area contributed by atoms with E-state index < -0.39 is 0 Å². The standard InChI is InChI=1S/C15H23NO/c1-11(12(2)16-14-7-8-14)9-13-5-4-6-15(10-13)17-3/h4-6,10-12,14,16H,7-9H2,1-3H3. The lowest BCUT2D eigenvalue weighted by molar-refractivity contribution is 0.393. The molecule has 2 nitrogen and oxygen atoms in total. The molecule has 0 bridgehead atoms. The molecule has 0 amide bonds. The summed E-state index contributed by atoms with van der Waals surface area (Å²) in [5, 5.41) is 3.67. The van der Waals surface area contributed by atoms with E-state index in [9.17, 15) is 0 Å². The predicted octanol–water partition coefficient (Wildman–Crippen LogP) is 3.01. The molecule has 1 aliphatic carbocycles. The van der Waals surface area contributed by atoms with Crippen LogP contribution in [-0.2, 0) is 6.42 Å². The third-order valence-electron chi connectivity index (χ3n) is 3.62. The first-order valence-corrected chi connectivity index (χ1v) is 6.58. The number of methoxy groups -OCH3 is 1. The van der Waals surface area contributed by atoms with Gasteiger partial charge in [0.2, 0.25) is 0 Å². The molecule has 1 saturated carbocycles. The lowest BCUT2D eigenvalue weighted by Crippen LogP contribution is -2.34. The number of nitrogens with one attached hydrogen (secondary N) is 1. The predicted molar refractivity (Wildman–Crippen MR) is 71.5 cm³/mol. The topological polar surface area (TPSA) is 21.3 Å². The molecule has 2 heteroatoms. The van der Waals surface area contributed by atoms with Gasteiger partial charge in [0.05, 0.1) is 7.11 Å². The molecule has 94 valence electrons. The van der Waals surface area contributed by atoms with E-state index in [1.54, 1.807) is 7.11 Å². The van der Waals surface area contributed by atoms with Gasteiger partial charge in [-0.3, -0.25) is 0 Å². The number of ether oxygens (including phenoxy) is 1. The van der Waals surface area contributed by atoms with Gasteiger partial charge in [-0.05, 0) is 49.8 Å². The van der Waals surface area contributed by atoms with Crippen molar-refractivity contribution in [2.45, 2.75) is 45.2 Å². The summed E-state index contributed by atoms with van der Waals surface area (Å²) in [6, 6.07) is 9.77. The zero-order chi connectivity index (χ0) is 12.3. The van der Waals surface area contributed by atoms with Gasteiger partial charge in [0.1, 0.15) is 5.75 Å². The largest absolute Gasteiger partial charge is 0.497 e. The van der Waals surface area contributed by atoms with Crippen molar-refractivity contribution in [2.75, 3.05) is 7.11 Å². The second-order valence-electron chi connectivity index (χ2n) is 5.26. The van der Waals surface area contributed by atoms with Gasteiger partial charge >= 0.3 is 0 Å². The van der Waals surface area contributed by atoms with Gasteiger partial charge in [-0.15, -0.1) is 0 Å². The van der Waals surface area contributed by atoms with E-state index in [1.807, 2.05) is 6.07 Å². The minimum absolute atomic E-state index is 0.591. The van der Waals surface area contributed by atoms with Crippen molar-refractivity contribution in [1.29, 1.82) is 0 Å². The van der Waals surface area contributed by atoms with Crippen molar-refractivity contribution in [3.8, 4) is 5.75 Å². The van der Waals surface area contributed by atoms with Crippen LogP contribution in [0.1, 0.15) is 32.3 Å². The molecule has 1 aliphatic rings. The molecular weight excluding hydrogens is 210 g/mol. The van der Waals surface area contributed by atoms with E-state index in [0.29, 0.717) is 12.0 Å². The van der Waals surface area contributed by atoms with E-state index >= 15 is 0 Å². The SMILES string of the molecule is COc1cccc(CC(C)C(C)NC2CC2)c1. The summed E-state index contributed by atoms with van der Waals surface area (Å²) < 4.78 is 5.26. The van der Waals surface area contributed by atoms with Crippen molar-refractivity contribution in [3.63, 3.8) is 0 Å². The Hall–Kier alpha value is -1.02. The third kappa shape index (κ3) is 3.74. The van der Waals surface area contributed by atoms with E-state index in [0.717, 1.165) is 18.2 Å². The number of hydrogen-bond donors (Lipinski definition) is 1. The number of benzene rings is 1. The highest BCUT2D eigenvalue weighted by molar-refractivity contribution is 5.28. The minimum Gasteiger partial charge on any atom is -0.497 e. The quantitative estimate of drug-likeness (QED) is 0.815. The van der Waals surface area contributed by atoms with Crippen LogP contribution in [0.15, 0.2) is 24.3 Å². The summed E-state index contributed by atoms with van der Waals surface area (Å²) >= 11 is 0. The van der Waals surface area contributed by atoms with Crippen LogP contribution in [0, 0.1) is 5.92 Å². The van der Waals surface area contributed by atoms with Crippen LogP contribution in [-0.4, -0.2) is 19.2 Å². The van der Waals surface area contributed by atoms with Crippen LogP contribution in [0.2, 0.25) is 0 Å². The van der Waals surface area contributed by atoms with E-state index in [-0.39, 0.29) is 0 Å². The molecule has 0 radical (unpaired) electrons. The molecule has 2 rings (SSSR count). The van der Waals surface area contributed by atoms with Crippen LogP contribution < -0.4 is 10.1 Å².